The fourth-order valence-electron chi connectivity index (χ4n) is 5.65. The molecule has 2 aromatic carbocycles. The normalized spacial score (nSPS) is 18.5. The van der Waals surface area contributed by atoms with Crippen LogP contribution in [-0.2, 0) is 21.5 Å². The van der Waals surface area contributed by atoms with Crippen LogP contribution in [0, 0.1) is 5.41 Å². The number of allylic oxidation sites excluding steroid dienone is 1. The van der Waals surface area contributed by atoms with E-state index in [2.05, 4.69) is 79.4 Å². The molecule has 5 rings (SSSR count). The van der Waals surface area contributed by atoms with Crippen molar-refractivity contribution in [1.29, 1.82) is 0 Å². The predicted molar refractivity (Wildman–Crippen MR) is 156 cm³/mol. The average Bonchev–Trinajstić information content (AvgIpc) is 3.01. The summed E-state index contributed by atoms with van der Waals surface area (Å²) in [6.45, 7) is 11.4. The van der Waals surface area contributed by atoms with Crippen LogP contribution in [0.3, 0.4) is 0 Å². The standard InChI is InChI=1S/C33H38N4O2/c1-32(2,3)24-14-12-23(13-15-24)31-30-26(17-33(4,5)18-28(30)38)36-25-10-6-7-11-27(25)37(31)21-29(39)35-20-22-9-8-16-34-19-22/h6-16,19,31,36H,17-18,20-21H2,1-5H3,(H,35,39). The Balaban J connectivity index is 1.59. The van der Waals surface area contributed by atoms with Crippen molar-refractivity contribution < 1.29 is 9.59 Å². The summed E-state index contributed by atoms with van der Waals surface area (Å²) in [6.07, 6.45) is 4.71. The summed E-state index contributed by atoms with van der Waals surface area (Å²) in [5, 5.41) is 6.67. The molecule has 0 bridgehead atoms. The number of fused-ring (bicyclic) bond motifs is 1. The van der Waals surface area contributed by atoms with Crippen LogP contribution in [-0.4, -0.2) is 23.2 Å². The highest BCUT2D eigenvalue weighted by Gasteiger charge is 2.42. The van der Waals surface area contributed by atoms with Gasteiger partial charge in [-0.1, -0.05) is 77.1 Å². The highest BCUT2D eigenvalue weighted by molar-refractivity contribution is 6.01. The first kappa shape index (κ1) is 26.7. The maximum atomic E-state index is 13.9. The van der Waals surface area contributed by atoms with E-state index in [1.807, 2.05) is 36.4 Å². The SMILES string of the molecule is CC1(C)CC(=O)C2=C(C1)Nc1ccccc1N(CC(=O)NCc1cccnc1)C2c1ccc(C(C)(C)C)cc1. The van der Waals surface area contributed by atoms with Gasteiger partial charge in [-0.05, 0) is 52.1 Å². The van der Waals surface area contributed by atoms with Crippen molar-refractivity contribution in [1.82, 2.24) is 10.3 Å². The lowest BCUT2D eigenvalue weighted by Gasteiger charge is -2.38. The third-order valence-corrected chi connectivity index (χ3v) is 7.62. The van der Waals surface area contributed by atoms with E-state index in [9.17, 15) is 9.59 Å². The number of carbonyl (C=O) groups is 2. The summed E-state index contributed by atoms with van der Waals surface area (Å²) in [6, 6.07) is 20.0. The van der Waals surface area contributed by atoms with E-state index < -0.39 is 6.04 Å². The number of amides is 1. The number of nitrogens with zero attached hydrogens (tertiary/aromatic N) is 2. The number of benzene rings is 2. The van der Waals surface area contributed by atoms with E-state index in [1.54, 1.807) is 12.4 Å². The minimum absolute atomic E-state index is 0.0110. The molecule has 1 atom stereocenters. The van der Waals surface area contributed by atoms with Crippen LogP contribution >= 0.6 is 0 Å². The molecule has 39 heavy (non-hydrogen) atoms. The summed E-state index contributed by atoms with van der Waals surface area (Å²) in [5.41, 5.74) is 6.55. The van der Waals surface area contributed by atoms with E-state index >= 15 is 0 Å². The monoisotopic (exact) mass is 522 g/mol. The van der Waals surface area contributed by atoms with Crippen LogP contribution < -0.4 is 15.5 Å². The van der Waals surface area contributed by atoms with Gasteiger partial charge in [-0.25, -0.2) is 0 Å². The van der Waals surface area contributed by atoms with Gasteiger partial charge in [-0.3, -0.25) is 14.6 Å². The van der Waals surface area contributed by atoms with Crippen molar-refractivity contribution in [3.8, 4) is 0 Å². The summed E-state index contributed by atoms with van der Waals surface area (Å²) in [5.74, 6) is 0.0184. The Kier molecular flexibility index (Phi) is 7.06. The van der Waals surface area contributed by atoms with Crippen molar-refractivity contribution in [2.24, 2.45) is 5.41 Å². The third-order valence-electron chi connectivity index (χ3n) is 7.62. The average molecular weight is 523 g/mol. The molecule has 1 aliphatic carbocycles. The Morgan fingerprint density at radius 2 is 1.79 bits per heavy atom. The van der Waals surface area contributed by atoms with E-state index in [0.29, 0.717) is 13.0 Å². The second-order valence-corrected chi connectivity index (χ2v) is 12.5. The molecule has 3 aromatic rings. The highest BCUT2D eigenvalue weighted by Crippen LogP contribution is 2.48. The molecule has 0 radical (unpaired) electrons. The lowest BCUT2D eigenvalue weighted by atomic mass is 9.73. The molecule has 2 heterocycles. The fraction of sp³-hybridized carbons (Fsp3) is 0.364. The van der Waals surface area contributed by atoms with Gasteiger partial charge >= 0.3 is 0 Å². The lowest BCUT2D eigenvalue weighted by Crippen LogP contribution is -2.42. The first-order valence-corrected chi connectivity index (χ1v) is 13.7. The Bertz CT molecular complexity index is 1400. The second kappa shape index (κ2) is 10.3. The minimum atomic E-state index is -0.391. The maximum absolute atomic E-state index is 13.9. The topological polar surface area (TPSA) is 74.3 Å². The van der Waals surface area contributed by atoms with Gasteiger partial charge in [0.05, 0.1) is 24.0 Å². The zero-order chi connectivity index (χ0) is 27.8. The van der Waals surface area contributed by atoms with Crippen molar-refractivity contribution >= 4 is 23.1 Å². The summed E-state index contributed by atoms with van der Waals surface area (Å²) in [4.78, 5) is 33.5. The molecule has 6 nitrogen and oxygen atoms in total. The van der Waals surface area contributed by atoms with E-state index in [1.165, 1.54) is 5.56 Å². The lowest BCUT2D eigenvalue weighted by molar-refractivity contribution is -0.120. The Morgan fingerprint density at radius 1 is 1.05 bits per heavy atom. The number of ketones is 1. The molecule has 2 aliphatic rings. The first-order valence-electron chi connectivity index (χ1n) is 13.7. The van der Waals surface area contributed by atoms with Gasteiger partial charge in [0.1, 0.15) is 0 Å². The zero-order valence-corrected chi connectivity index (χ0v) is 23.5. The van der Waals surface area contributed by atoms with Crippen LogP contribution in [0.2, 0.25) is 0 Å². The number of para-hydroxylation sites is 2. The zero-order valence-electron chi connectivity index (χ0n) is 23.5. The van der Waals surface area contributed by atoms with Crippen LogP contribution in [0.25, 0.3) is 0 Å². The first-order chi connectivity index (χ1) is 18.5. The summed E-state index contributed by atoms with van der Waals surface area (Å²) in [7, 11) is 0. The maximum Gasteiger partial charge on any atom is 0.239 e. The quantitative estimate of drug-likeness (QED) is 0.411. The molecule has 202 valence electrons. The van der Waals surface area contributed by atoms with Gasteiger partial charge in [0.15, 0.2) is 5.78 Å². The van der Waals surface area contributed by atoms with Crippen LogP contribution in [0.15, 0.2) is 84.3 Å². The van der Waals surface area contributed by atoms with Crippen molar-refractivity contribution in [2.75, 3.05) is 16.8 Å². The number of carbonyl (C=O) groups excluding carboxylic acids is 2. The van der Waals surface area contributed by atoms with Gasteiger partial charge in [0.25, 0.3) is 0 Å². The molecule has 6 heteroatoms. The Labute approximate surface area is 231 Å². The molecule has 2 N–H and O–H groups in total. The number of pyridine rings is 1. The van der Waals surface area contributed by atoms with E-state index in [0.717, 1.165) is 40.2 Å². The van der Waals surface area contributed by atoms with Gasteiger partial charge in [-0.2, -0.15) is 0 Å². The largest absolute Gasteiger partial charge is 0.357 e. The Hall–Kier alpha value is -3.93. The van der Waals surface area contributed by atoms with Crippen LogP contribution in [0.1, 0.15) is 70.2 Å². The van der Waals surface area contributed by atoms with Crippen molar-refractivity contribution in [3.05, 3.63) is 101 Å². The molecule has 0 fully saturated rings. The third kappa shape index (κ3) is 5.75. The molecular weight excluding hydrogens is 484 g/mol. The predicted octanol–water partition coefficient (Wildman–Crippen LogP) is 6.31. The number of hydrogen-bond donors (Lipinski definition) is 2. The van der Waals surface area contributed by atoms with Gasteiger partial charge in [-0.15, -0.1) is 0 Å². The molecule has 0 saturated carbocycles. The number of rotatable bonds is 5. The van der Waals surface area contributed by atoms with Gasteiger partial charge < -0.3 is 15.5 Å². The van der Waals surface area contributed by atoms with Crippen molar-refractivity contribution in [2.45, 2.75) is 65.5 Å². The van der Waals surface area contributed by atoms with Gasteiger partial charge in [0.2, 0.25) is 5.91 Å². The molecular formula is C33H38N4O2. The summed E-state index contributed by atoms with van der Waals surface area (Å²) >= 11 is 0. The summed E-state index contributed by atoms with van der Waals surface area (Å²) < 4.78 is 0. The smallest absolute Gasteiger partial charge is 0.239 e. The fourth-order valence-corrected chi connectivity index (χ4v) is 5.65. The van der Waals surface area contributed by atoms with E-state index in [4.69, 9.17) is 0 Å². The number of nitrogens with one attached hydrogen (secondary N) is 2. The number of aromatic nitrogens is 1. The van der Waals surface area contributed by atoms with Crippen LogP contribution in [0.4, 0.5) is 11.4 Å². The number of hydrogen-bond acceptors (Lipinski definition) is 5. The Morgan fingerprint density at radius 3 is 2.49 bits per heavy atom. The molecule has 0 saturated heterocycles. The van der Waals surface area contributed by atoms with Crippen LogP contribution in [0.5, 0.6) is 0 Å². The molecule has 1 aromatic heterocycles. The number of Topliss-reactive ketones (excluding diaryl/α,β-unsaturated/α-hetero) is 1. The second-order valence-electron chi connectivity index (χ2n) is 12.5. The highest BCUT2D eigenvalue weighted by atomic mass is 16.2. The van der Waals surface area contributed by atoms with Crippen molar-refractivity contribution in [3.63, 3.8) is 0 Å². The van der Waals surface area contributed by atoms with E-state index in [-0.39, 0.29) is 29.1 Å². The molecule has 0 spiro atoms. The number of anilines is 2. The minimum Gasteiger partial charge on any atom is -0.357 e. The molecule has 1 aliphatic heterocycles. The van der Waals surface area contributed by atoms with Gasteiger partial charge in [0, 0.05) is 36.6 Å². The molecule has 1 amide bonds. The molecule has 1 unspecified atom stereocenters.